The summed E-state index contributed by atoms with van der Waals surface area (Å²) in [6, 6.07) is 0. The summed E-state index contributed by atoms with van der Waals surface area (Å²) in [5, 5.41) is 1.74. The van der Waals surface area contributed by atoms with Crippen molar-refractivity contribution in [2.75, 3.05) is 13.1 Å². The van der Waals surface area contributed by atoms with Gasteiger partial charge in [-0.2, -0.15) is 0 Å². The fourth-order valence-electron chi connectivity index (χ4n) is 1.68. The van der Waals surface area contributed by atoms with Crippen LogP contribution in [-0.2, 0) is 4.79 Å². The molecule has 15 heavy (non-hydrogen) atoms. The number of piperidine rings is 1. The quantitative estimate of drug-likeness (QED) is 0.720. The number of hydrogen-bond acceptors (Lipinski definition) is 4. The highest BCUT2D eigenvalue weighted by molar-refractivity contribution is 7.07. The molecule has 1 aromatic heterocycles. The van der Waals surface area contributed by atoms with E-state index in [2.05, 4.69) is 4.98 Å². The van der Waals surface area contributed by atoms with Gasteiger partial charge in [0, 0.05) is 30.8 Å². The Morgan fingerprint density at radius 1 is 1.67 bits per heavy atom. The first-order valence-electron chi connectivity index (χ1n) is 4.88. The molecule has 4 nitrogen and oxygen atoms in total. The van der Waals surface area contributed by atoms with E-state index in [1.165, 1.54) is 11.3 Å². The van der Waals surface area contributed by atoms with Gasteiger partial charge in [0.1, 0.15) is 11.5 Å². The molecule has 1 aliphatic heterocycles. The summed E-state index contributed by atoms with van der Waals surface area (Å²) < 4.78 is 0. The van der Waals surface area contributed by atoms with E-state index in [0.717, 1.165) is 0 Å². The van der Waals surface area contributed by atoms with E-state index in [4.69, 9.17) is 0 Å². The molecule has 1 aromatic rings. The Bertz CT molecular complexity index is 375. The lowest BCUT2D eigenvalue weighted by Gasteiger charge is -2.29. The van der Waals surface area contributed by atoms with Crippen LogP contribution in [0.3, 0.4) is 0 Å². The maximum Gasteiger partial charge on any atom is 0.273 e. The van der Waals surface area contributed by atoms with E-state index in [1.807, 2.05) is 6.92 Å². The molecule has 1 aliphatic rings. The van der Waals surface area contributed by atoms with Crippen LogP contribution in [0.25, 0.3) is 0 Å². The third-order valence-electron chi connectivity index (χ3n) is 2.61. The zero-order valence-corrected chi connectivity index (χ0v) is 9.29. The lowest BCUT2D eigenvalue weighted by atomic mass is 9.98. The average Bonchev–Trinajstić information content (AvgIpc) is 2.74. The normalized spacial score (nSPS) is 21.8. The Labute approximate surface area is 91.9 Å². The molecule has 0 radical (unpaired) electrons. The maximum atomic E-state index is 11.9. The molecule has 80 valence electrons. The molecule has 2 heterocycles. The average molecular weight is 224 g/mol. The predicted octanol–water partition coefficient (Wildman–Crippen LogP) is 1.19. The molecule has 0 saturated carbocycles. The number of ketones is 1. The van der Waals surface area contributed by atoms with Gasteiger partial charge in [0.25, 0.3) is 5.91 Å². The van der Waals surface area contributed by atoms with E-state index in [1.54, 1.807) is 15.8 Å². The van der Waals surface area contributed by atoms with Gasteiger partial charge < -0.3 is 4.90 Å². The first-order valence-corrected chi connectivity index (χ1v) is 5.83. The number of rotatable bonds is 1. The van der Waals surface area contributed by atoms with Gasteiger partial charge in [-0.25, -0.2) is 4.98 Å². The van der Waals surface area contributed by atoms with E-state index in [0.29, 0.717) is 25.2 Å². The second kappa shape index (κ2) is 4.10. The van der Waals surface area contributed by atoms with Gasteiger partial charge in [-0.15, -0.1) is 11.3 Å². The molecule has 1 unspecified atom stereocenters. The molecule has 0 bridgehead atoms. The zero-order chi connectivity index (χ0) is 10.8. The van der Waals surface area contributed by atoms with Crippen LogP contribution in [0.1, 0.15) is 23.8 Å². The van der Waals surface area contributed by atoms with Crippen molar-refractivity contribution in [2.24, 2.45) is 5.92 Å². The van der Waals surface area contributed by atoms with Crippen LogP contribution in [0.4, 0.5) is 0 Å². The topological polar surface area (TPSA) is 50.3 Å². The SMILES string of the molecule is CC1CN(C(=O)c2cscn2)CCC1=O. The molecule has 1 atom stereocenters. The molecule has 5 heteroatoms. The highest BCUT2D eigenvalue weighted by Crippen LogP contribution is 2.15. The molecule has 1 fully saturated rings. The summed E-state index contributed by atoms with van der Waals surface area (Å²) in [5.74, 6) is 0.147. The monoisotopic (exact) mass is 224 g/mol. The smallest absolute Gasteiger partial charge is 0.273 e. The van der Waals surface area contributed by atoms with Gasteiger partial charge in [-0.3, -0.25) is 9.59 Å². The van der Waals surface area contributed by atoms with E-state index < -0.39 is 0 Å². The summed E-state index contributed by atoms with van der Waals surface area (Å²) in [5.41, 5.74) is 2.13. The molecule has 0 N–H and O–H groups in total. The minimum atomic E-state index is -0.0596. The first kappa shape index (κ1) is 10.3. The van der Waals surface area contributed by atoms with Crippen LogP contribution in [0, 0.1) is 5.92 Å². The summed E-state index contributed by atoms with van der Waals surface area (Å²) in [7, 11) is 0. The van der Waals surface area contributed by atoms with Gasteiger partial charge in [0.2, 0.25) is 0 Å². The highest BCUT2D eigenvalue weighted by atomic mass is 32.1. The number of Topliss-reactive ketones (excluding diaryl/α,β-unsaturated/α-hetero) is 1. The number of thiazole rings is 1. The molecule has 0 spiro atoms. The summed E-state index contributed by atoms with van der Waals surface area (Å²) in [4.78, 5) is 28.9. The van der Waals surface area contributed by atoms with Crippen LogP contribution < -0.4 is 0 Å². The van der Waals surface area contributed by atoms with Gasteiger partial charge in [-0.05, 0) is 0 Å². The van der Waals surface area contributed by atoms with Crippen molar-refractivity contribution in [1.29, 1.82) is 0 Å². The Kier molecular flexibility index (Phi) is 2.81. The molecular weight excluding hydrogens is 212 g/mol. The lowest BCUT2D eigenvalue weighted by molar-refractivity contribution is -0.124. The van der Waals surface area contributed by atoms with Crippen molar-refractivity contribution in [1.82, 2.24) is 9.88 Å². The molecule has 1 saturated heterocycles. The third kappa shape index (κ3) is 2.07. The molecule has 0 aromatic carbocycles. The molecule has 2 rings (SSSR count). The number of amides is 1. The van der Waals surface area contributed by atoms with Gasteiger partial charge in [0.15, 0.2) is 0 Å². The van der Waals surface area contributed by atoms with Crippen LogP contribution in [0.5, 0.6) is 0 Å². The largest absolute Gasteiger partial charge is 0.336 e. The molecule has 0 aliphatic carbocycles. The van der Waals surface area contributed by atoms with E-state index in [-0.39, 0.29) is 17.6 Å². The number of likely N-dealkylation sites (tertiary alicyclic amines) is 1. The molecular formula is C10H12N2O2S. The number of carbonyl (C=O) groups excluding carboxylic acids is 2. The Balaban J connectivity index is 2.06. The van der Waals surface area contributed by atoms with Crippen molar-refractivity contribution in [2.45, 2.75) is 13.3 Å². The van der Waals surface area contributed by atoms with Crippen LogP contribution in [-0.4, -0.2) is 34.7 Å². The highest BCUT2D eigenvalue weighted by Gasteiger charge is 2.27. The van der Waals surface area contributed by atoms with Crippen LogP contribution in [0.2, 0.25) is 0 Å². The fraction of sp³-hybridized carbons (Fsp3) is 0.500. The summed E-state index contributed by atoms with van der Waals surface area (Å²) in [6.45, 7) is 2.91. The van der Waals surface area contributed by atoms with Crippen molar-refractivity contribution < 1.29 is 9.59 Å². The number of carbonyl (C=O) groups is 2. The Morgan fingerprint density at radius 2 is 2.47 bits per heavy atom. The van der Waals surface area contributed by atoms with E-state index >= 15 is 0 Å². The predicted molar refractivity (Wildman–Crippen MR) is 56.8 cm³/mol. The Hall–Kier alpha value is -1.23. The van der Waals surface area contributed by atoms with Crippen LogP contribution in [0.15, 0.2) is 10.9 Å². The zero-order valence-electron chi connectivity index (χ0n) is 8.47. The van der Waals surface area contributed by atoms with E-state index in [9.17, 15) is 9.59 Å². The molecule has 1 amide bonds. The second-order valence-electron chi connectivity index (χ2n) is 3.74. The number of aromatic nitrogens is 1. The summed E-state index contributed by atoms with van der Waals surface area (Å²) >= 11 is 1.41. The minimum Gasteiger partial charge on any atom is -0.336 e. The minimum absolute atomic E-state index is 0.0404. The van der Waals surface area contributed by atoms with Gasteiger partial charge in [-0.1, -0.05) is 6.92 Å². The van der Waals surface area contributed by atoms with Crippen LogP contribution >= 0.6 is 11.3 Å². The third-order valence-corrected chi connectivity index (χ3v) is 3.20. The van der Waals surface area contributed by atoms with Crippen molar-refractivity contribution >= 4 is 23.0 Å². The van der Waals surface area contributed by atoms with Crippen molar-refractivity contribution in [3.05, 3.63) is 16.6 Å². The maximum absolute atomic E-state index is 11.9. The number of nitrogens with zero attached hydrogens (tertiary/aromatic N) is 2. The summed E-state index contributed by atoms with van der Waals surface area (Å²) in [6.07, 6.45) is 0.469. The lowest BCUT2D eigenvalue weighted by Crippen LogP contribution is -2.43. The first-order chi connectivity index (χ1) is 7.18. The van der Waals surface area contributed by atoms with Crippen molar-refractivity contribution in [3.8, 4) is 0 Å². The van der Waals surface area contributed by atoms with Crippen molar-refractivity contribution in [3.63, 3.8) is 0 Å². The van der Waals surface area contributed by atoms with Gasteiger partial charge in [0.05, 0.1) is 5.51 Å². The standard InChI is InChI=1S/C10H12N2O2S/c1-7-4-12(3-2-9(7)13)10(14)8-5-15-6-11-8/h5-7H,2-4H2,1H3. The van der Waals surface area contributed by atoms with Gasteiger partial charge >= 0.3 is 0 Å². The second-order valence-corrected chi connectivity index (χ2v) is 4.46. The number of hydrogen-bond donors (Lipinski definition) is 0. The Morgan fingerprint density at radius 3 is 3.07 bits per heavy atom. The fourth-order valence-corrected chi connectivity index (χ4v) is 2.21.